The molecule has 30 heavy (non-hydrogen) atoms. The van der Waals surface area contributed by atoms with Crippen LogP contribution < -0.4 is 14.8 Å². The highest BCUT2D eigenvalue weighted by atomic mass is 32.1. The van der Waals surface area contributed by atoms with Crippen molar-refractivity contribution in [3.63, 3.8) is 0 Å². The zero-order chi connectivity index (χ0) is 21.3. The van der Waals surface area contributed by atoms with Gasteiger partial charge < -0.3 is 14.2 Å². The maximum Gasteiger partial charge on any atom is 0.309 e. The molecule has 0 bridgehead atoms. The number of rotatable bonds is 9. The fourth-order valence-electron chi connectivity index (χ4n) is 2.54. The first kappa shape index (κ1) is 21.3. The maximum absolute atomic E-state index is 12.0. The Balaban J connectivity index is 1.40. The van der Waals surface area contributed by atoms with Crippen LogP contribution in [0.5, 0.6) is 11.5 Å². The summed E-state index contributed by atoms with van der Waals surface area (Å²) in [7, 11) is 1.54. The number of hydrogen-bond donors (Lipinski definition) is 1. The molecule has 1 aromatic heterocycles. The van der Waals surface area contributed by atoms with Gasteiger partial charge in [-0.1, -0.05) is 42.0 Å². The lowest BCUT2D eigenvalue weighted by atomic mass is 10.1. The van der Waals surface area contributed by atoms with E-state index in [1.54, 1.807) is 19.2 Å². The SMILES string of the molecule is COc1ccccc1OCCC(=O)OCC(=O)Nc1nc(-c2ccc(C)cc2)cs1. The molecule has 1 amide bonds. The number of methoxy groups -OCH3 is 1. The van der Waals surface area contributed by atoms with Gasteiger partial charge in [0.25, 0.3) is 5.91 Å². The van der Waals surface area contributed by atoms with Crippen molar-refractivity contribution in [2.75, 3.05) is 25.6 Å². The van der Waals surface area contributed by atoms with Gasteiger partial charge in [-0.05, 0) is 19.1 Å². The predicted octanol–water partition coefficient (Wildman–Crippen LogP) is 4.08. The van der Waals surface area contributed by atoms with E-state index in [0.29, 0.717) is 16.6 Å². The minimum atomic E-state index is -0.528. The molecule has 1 heterocycles. The van der Waals surface area contributed by atoms with Gasteiger partial charge in [0, 0.05) is 10.9 Å². The van der Waals surface area contributed by atoms with E-state index < -0.39 is 11.9 Å². The van der Waals surface area contributed by atoms with Gasteiger partial charge in [-0.15, -0.1) is 11.3 Å². The fourth-order valence-corrected chi connectivity index (χ4v) is 3.28. The van der Waals surface area contributed by atoms with Gasteiger partial charge in [0.1, 0.15) is 0 Å². The number of aryl methyl sites for hydroxylation is 1. The van der Waals surface area contributed by atoms with Crippen molar-refractivity contribution in [1.82, 2.24) is 4.98 Å². The Morgan fingerprint density at radius 1 is 1.07 bits per heavy atom. The third-order valence-electron chi connectivity index (χ3n) is 4.09. The molecule has 0 aliphatic rings. The Hall–Kier alpha value is -3.39. The first-order valence-corrected chi connectivity index (χ1v) is 10.2. The van der Waals surface area contributed by atoms with Crippen LogP contribution in [0, 0.1) is 6.92 Å². The average Bonchev–Trinajstić information content (AvgIpc) is 3.21. The van der Waals surface area contributed by atoms with Crippen molar-refractivity contribution in [2.24, 2.45) is 0 Å². The van der Waals surface area contributed by atoms with Crippen molar-refractivity contribution >= 4 is 28.3 Å². The van der Waals surface area contributed by atoms with Gasteiger partial charge in [-0.3, -0.25) is 14.9 Å². The number of esters is 1. The minimum absolute atomic E-state index is 0.0140. The molecule has 0 aliphatic heterocycles. The Morgan fingerprint density at radius 3 is 2.53 bits per heavy atom. The van der Waals surface area contributed by atoms with E-state index >= 15 is 0 Å². The summed E-state index contributed by atoms with van der Waals surface area (Å²) >= 11 is 1.31. The molecule has 3 rings (SSSR count). The number of aromatic nitrogens is 1. The number of carbonyl (C=O) groups excluding carboxylic acids is 2. The Bertz CT molecular complexity index is 1000. The van der Waals surface area contributed by atoms with E-state index in [1.807, 2.05) is 48.7 Å². The normalized spacial score (nSPS) is 10.3. The summed E-state index contributed by atoms with van der Waals surface area (Å²) in [6, 6.07) is 15.1. The van der Waals surface area contributed by atoms with E-state index in [-0.39, 0.29) is 19.6 Å². The van der Waals surface area contributed by atoms with Crippen LogP contribution in [0.4, 0.5) is 5.13 Å². The first-order chi connectivity index (χ1) is 14.5. The second-order valence-electron chi connectivity index (χ2n) is 6.36. The number of nitrogens with zero attached hydrogens (tertiary/aromatic N) is 1. The molecule has 3 aromatic rings. The van der Waals surface area contributed by atoms with Crippen LogP contribution in [-0.2, 0) is 14.3 Å². The molecule has 7 nitrogen and oxygen atoms in total. The third-order valence-corrected chi connectivity index (χ3v) is 4.85. The highest BCUT2D eigenvalue weighted by Gasteiger charge is 2.12. The standard InChI is InChI=1S/C22H22N2O5S/c1-15-7-9-16(10-8-15)17-14-30-22(23-17)24-20(25)13-29-21(26)11-12-28-19-6-4-3-5-18(19)27-2/h3-10,14H,11-13H2,1-2H3,(H,23,24,25). The lowest BCUT2D eigenvalue weighted by Crippen LogP contribution is -2.21. The predicted molar refractivity (Wildman–Crippen MR) is 115 cm³/mol. The highest BCUT2D eigenvalue weighted by molar-refractivity contribution is 7.14. The first-order valence-electron chi connectivity index (χ1n) is 9.29. The van der Waals surface area contributed by atoms with Gasteiger partial charge in [0.15, 0.2) is 23.2 Å². The van der Waals surface area contributed by atoms with E-state index in [4.69, 9.17) is 14.2 Å². The van der Waals surface area contributed by atoms with Crippen molar-refractivity contribution in [2.45, 2.75) is 13.3 Å². The molecule has 8 heteroatoms. The molecule has 0 saturated carbocycles. The van der Waals surface area contributed by atoms with Crippen molar-refractivity contribution < 1.29 is 23.8 Å². The Morgan fingerprint density at radius 2 is 1.80 bits per heavy atom. The summed E-state index contributed by atoms with van der Waals surface area (Å²) in [5.41, 5.74) is 2.91. The van der Waals surface area contributed by atoms with Crippen molar-refractivity contribution in [1.29, 1.82) is 0 Å². The number of amides is 1. The molecule has 0 radical (unpaired) electrons. The van der Waals surface area contributed by atoms with Gasteiger partial charge >= 0.3 is 5.97 Å². The molecule has 0 saturated heterocycles. The smallest absolute Gasteiger partial charge is 0.309 e. The van der Waals surface area contributed by atoms with E-state index in [0.717, 1.165) is 16.8 Å². The second kappa shape index (κ2) is 10.4. The monoisotopic (exact) mass is 426 g/mol. The number of hydrogen-bond acceptors (Lipinski definition) is 7. The quantitative estimate of drug-likeness (QED) is 0.519. The molecule has 0 atom stereocenters. The molecule has 1 N–H and O–H groups in total. The number of anilines is 1. The zero-order valence-electron chi connectivity index (χ0n) is 16.7. The van der Waals surface area contributed by atoms with E-state index in [2.05, 4.69) is 10.3 Å². The van der Waals surface area contributed by atoms with Gasteiger partial charge in [0.2, 0.25) is 0 Å². The summed E-state index contributed by atoms with van der Waals surface area (Å²) in [6.45, 7) is 1.75. The molecule has 0 unspecified atom stereocenters. The molecular formula is C22H22N2O5S. The molecule has 0 fully saturated rings. The third kappa shape index (κ3) is 6.05. The Labute approximate surface area is 178 Å². The summed E-state index contributed by atoms with van der Waals surface area (Å²) in [5.74, 6) is 0.149. The largest absolute Gasteiger partial charge is 0.493 e. The maximum atomic E-state index is 12.0. The summed E-state index contributed by atoms with van der Waals surface area (Å²) in [5, 5.41) is 4.95. The summed E-state index contributed by atoms with van der Waals surface area (Å²) in [6.07, 6.45) is 0.0140. The van der Waals surface area contributed by atoms with Crippen LogP contribution in [0.1, 0.15) is 12.0 Å². The number of para-hydroxylation sites is 2. The van der Waals surface area contributed by atoms with E-state index in [1.165, 1.54) is 11.3 Å². The molecule has 156 valence electrons. The lowest BCUT2D eigenvalue weighted by molar-refractivity contribution is -0.147. The number of ether oxygens (including phenoxy) is 3. The lowest BCUT2D eigenvalue weighted by Gasteiger charge is -2.10. The van der Waals surface area contributed by atoms with Crippen LogP contribution in [0.25, 0.3) is 11.3 Å². The highest BCUT2D eigenvalue weighted by Crippen LogP contribution is 2.26. The minimum Gasteiger partial charge on any atom is -0.493 e. The van der Waals surface area contributed by atoms with Crippen LogP contribution in [0.2, 0.25) is 0 Å². The second-order valence-corrected chi connectivity index (χ2v) is 7.22. The molecule has 2 aromatic carbocycles. The zero-order valence-corrected chi connectivity index (χ0v) is 17.5. The van der Waals surface area contributed by atoms with Crippen LogP contribution in [0.3, 0.4) is 0 Å². The summed E-state index contributed by atoms with van der Waals surface area (Å²) in [4.78, 5) is 28.2. The average molecular weight is 426 g/mol. The van der Waals surface area contributed by atoms with Crippen LogP contribution in [-0.4, -0.2) is 37.2 Å². The summed E-state index contributed by atoms with van der Waals surface area (Å²) < 4.78 is 15.7. The molecular weight excluding hydrogens is 404 g/mol. The van der Waals surface area contributed by atoms with Gasteiger partial charge in [0.05, 0.1) is 25.8 Å². The number of nitrogens with one attached hydrogen (secondary N) is 1. The number of carbonyl (C=O) groups is 2. The number of thiazole rings is 1. The Kier molecular flexibility index (Phi) is 7.40. The van der Waals surface area contributed by atoms with E-state index in [9.17, 15) is 9.59 Å². The van der Waals surface area contributed by atoms with Crippen molar-refractivity contribution in [3.8, 4) is 22.8 Å². The molecule has 0 spiro atoms. The fraction of sp³-hybridized carbons (Fsp3) is 0.227. The van der Waals surface area contributed by atoms with Crippen molar-refractivity contribution in [3.05, 3.63) is 59.5 Å². The van der Waals surface area contributed by atoms with Crippen LogP contribution >= 0.6 is 11.3 Å². The van der Waals surface area contributed by atoms with Gasteiger partial charge in [-0.25, -0.2) is 4.98 Å². The number of benzene rings is 2. The van der Waals surface area contributed by atoms with Gasteiger partial charge in [-0.2, -0.15) is 0 Å². The molecule has 0 aliphatic carbocycles. The topological polar surface area (TPSA) is 86.8 Å². The van der Waals surface area contributed by atoms with Crippen LogP contribution in [0.15, 0.2) is 53.9 Å².